The number of H-pyrrole nitrogens is 1. The predicted molar refractivity (Wildman–Crippen MR) is 83.2 cm³/mol. The van der Waals surface area contributed by atoms with Crippen LogP contribution in [0, 0.1) is 0 Å². The molecule has 1 atom stereocenters. The number of nitrogens with one attached hydrogen (secondary N) is 1. The minimum absolute atomic E-state index is 0.315. The van der Waals surface area contributed by atoms with Crippen LogP contribution >= 0.6 is 0 Å². The van der Waals surface area contributed by atoms with Gasteiger partial charge < -0.3 is 9.84 Å². The molecule has 1 fully saturated rings. The van der Waals surface area contributed by atoms with Gasteiger partial charge in [0.05, 0.1) is 0 Å². The lowest BCUT2D eigenvalue weighted by atomic mass is 9.97. The number of aromatic amines is 1. The lowest BCUT2D eigenvalue weighted by Crippen LogP contribution is -2.34. The molecule has 3 rings (SSSR count). The van der Waals surface area contributed by atoms with E-state index in [-0.39, 0.29) is 6.61 Å². The number of benzene rings is 1. The van der Waals surface area contributed by atoms with Crippen molar-refractivity contribution < 1.29 is 14.6 Å². The van der Waals surface area contributed by atoms with Crippen molar-refractivity contribution in [3.63, 3.8) is 0 Å². The molecule has 1 aliphatic heterocycles. The Labute approximate surface area is 134 Å². The van der Waals surface area contributed by atoms with Gasteiger partial charge in [0.1, 0.15) is 17.9 Å². The van der Waals surface area contributed by atoms with E-state index in [2.05, 4.69) is 20.1 Å². The van der Waals surface area contributed by atoms with Crippen LogP contribution in [-0.2, 0) is 11.3 Å². The molecule has 2 heterocycles. The smallest absolute Gasteiger partial charge is 0.341 e. The maximum atomic E-state index is 10.5. The van der Waals surface area contributed by atoms with Crippen molar-refractivity contribution in [1.29, 1.82) is 0 Å². The molecule has 0 spiro atoms. The summed E-state index contributed by atoms with van der Waals surface area (Å²) >= 11 is 0. The van der Waals surface area contributed by atoms with Gasteiger partial charge in [-0.2, -0.15) is 5.10 Å². The van der Waals surface area contributed by atoms with Gasteiger partial charge in [-0.3, -0.25) is 10.00 Å². The molecule has 0 amide bonds. The molecule has 7 nitrogen and oxygen atoms in total. The maximum Gasteiger partial charge on any atom is 0.341 e. The lowest BCUT2D eigenvalue weighted by Gasteiger charge is -2.31. The predicted octanol–water partition coefficient (Wildman–Crippen LogP) is 1.65. The first kappa shape index (κ1) is 15.5. The molecule has 1 aliphatic rings. The Bertz CT molecular complexity index is 627. The van der Waals surface area contributed by atoms with Crippen LogP contribution in [0.5, 0.6) is 5.75 Å². The summed E-state index contributed by atoms with van der Waals surface area (Å²) in [6, 6.07) is 7.59. The van der Waals surface area contributed by atoms with E-state index < -0.39 is 5.97 Å². The van der Waals surface area contributed by atoms with E-state index in [1.54, 1.807) is 6.33 Å². The number of nitrogens with zero attached hydrogens (tertiary/aromatic N) is 3. The maximum absolute atomic E-state index is 10.5. The second kappa shape index (κ2) is 7.23. The monoisotopic (exact) mass is 316 g/mol. The van der Waals surface area contributed by atoms with Crippen LogP contribution in [0.25, 0.3) is 0 Å². The molecule has 2 aromatic rings. The summed E-state index contributed by atoms with van der Waals surface area (Å²) in [4.78, 5) is 17.2. The molecular weight excluding hydrogens is 296 g/mol. The first-order chi connectivity index (χ1) is 11.2. The van der Waals surface area contributed by atoms with Crippen LogP contribution in [0.4, 0.5) is 0 Å². The van der Waals surface area contributed by atoms with Crippen molar-refractivity contribution in [2.75, 3.05) is 19.7 Å². The number of carbonyl (C=O) groups is 1. The van der Waals surface area contributed by atoms with Crippen LogP contribution < -0.4 is 4.74 Å². The summed E-state index contributed by atoms with van der Waals surface area (Å²) < 4.78 is 5.15. The molecule has 1 saturated heterocycles. The summed E-state index contributed by atoms with van der Waals surface area (Å²) in [6.45, 7) is 2.59. The fourth-order valence-corrected chi connectivity index (χ4v) is 2.93. The Kier molecular flexibility index (Phi) is 4.87. The van der Waals surface area contributed by atoms with Crippen LogP contribution in [0.2, 0.25) is 0 Å². The van der Waals surface area contributed by atoms with E-state index >= 15 is 0 Å². The highest BCUT2D eigenvalue weighted by atomic mass is 16.5. The minimum atomic E-state index is -0.971. The van der Waals surface area contributed by atoms with E-state index in [9.17, 15) is 4.79 Å². The second-order valence-corrected chi connectivity index (χ2v) is 5.77. The van der Waals surface area contributed by atoms with Gasteiger partial charge in [-0.15, -0.1) is 0 Å². The third-order valence-electron chi connectivity index (χ3n) is 4.02. The number of rotatable bonds is 6. The van der Waals surface area contributed by atoms with Gasteiger partial charge in [-0.25, -0.2) is 9.78 Å². The lowest BCUT2D eigenvalue weighted by molar-refractivity contribution is -0.139. The van der Waals surface area contributed by atoms with Crippen LogP contribution in [0.3, 0.4) is 0 Å². The van der Waals surface area contributed by atoms with Crippen molar-refractivity contribution in [2.24, 2.45) is 0 Å². The van der Waals surface area contributed by atoms with Gasteiger partial charge in [0.15, 0.2) is 6.61 Å². The highest BCUT2D eigenvalue weighted by Gasteiger charge is 2.23. The Morgan fingerprint density at radius 2 is 2.22 bits per heavy atom. The highest BCUT2D eigenvalue weighted by molar-refractivity contribution is 5.68. The Balaban J connectivity index is 1.55. The van der Waals surface area contributed by atoms with E-state index in [1.807, 2.05) is 24.3 Å². The molecule has 7 heteroatoms. The van der Waals surface area contributed by atoms with Gasteiger partial charge in [0, 0.05) is 19.0 Å². The Hall–Kier alpha value is -2.41. The summed E-state index contributed by atoms with van der Waals surface area (Å²) in [5.74, 6) is 0.978. The quantitative estimate of drug-likeness (QED) is 0.842. The number of hydrogen-bond donors (Lipinski definition) is 2. The Morgan fingerprint density at radius 3 is 2.91 bits per heavy atom. The van der Waals surface area contributed by atoms with Crippen LogP contribution in [0.1, 0.15) is 30.1 Å². The summed E-state index contributed by atoms with van der Waals surface area (Å²) in [6.07, 6.45) is 3.84. The zero-order chi connectivity index (χ0) is 16.1. The summed E-state index contributed by atoms with van der Waals surface area (Å²) in [5.41, 5.74) is 1.19. The van der Waals surface area contributed by atoms with Crippen LogP contribution in [0.15, 0.2) is 30.6 Å². The van der Waals surface area contributed by atoms with Gasteiger partial charge in [-0.05, 0) is 37.1 Å². The average molecular weight is 316 g/mol. The van der Waals surface area contributed by atoms with E-state index in [0.29, 0.717) is 11.7 Å². The number of hydrogen-bond acceptors (Lipinski definition) is 5. The van der Waals surface area contributed by atoms with E-state index in [1.165, 1.54) is 5.56 Å². The molecule has 0 radical (unpaired) electrons. The number of aliphatic carboxylic acids is 1. The zero-order valence-corrected chi connectivity index (χ0v) is 12.8. The first-order valence-corrected chi connectivity index (χ1v) is 7.72. The molecule has 0 saturated carbocycles. The van der Waals surface area contributed by atoms with Gasteiger partial charge >= 0.3 is 5.97 Å². The normalized spacial score (nSPS) is 18.7. The third kappa shape index (κ3) is 4.29. The van der Waals surface area contributed by atoms with Gasteiger partial charge in [0.25, 0.3) is 0 Å². The molecule has 122 valence electrons. The fourth-order valence-electron chi connectivity index (χ4n) is 2.93. The summed E-state index contributed by atoms with van der Waals surface area (Å²) in [7, 11) is 0. The SMILES string of the molecule is O=C(O)COc1ccc(CN2CCCC(c3ncn[nH]3)C2)cc1. The number of aromatic nitrogens is 3. The molecule has 0 aliphatic carbocycles. The van der Waals surface area contributed by atoms with Gasteiger partial charge in [0.2, 0.25) is 0 Å². The van der Waals surface area contributed by atoms with Crippen molar-refractivity contribution in [1.82, 2.24) is 20.1 Å². The van der Waals surface area contributed by atoms with Crippen LogP contribution in [-0.4, -0.2) is 50.9 Å². The number of likely N-dealkylation sites (tertiary alicyclic amines) is 1. The number of ether oxygens (including phenoxy) is 1. The minimum Gasteiger partial charge on any atom is -0.482 e. The van der Waals surface area contributed by atoms with E-state index in [0.717, 1.165) is 38.3 Å². The Morgan fingerprint density at radius 1 is 1.39 bits per heavy atom. The van der Waals surface area contributed by atoms with Crippen molar-refractivity contribution in [3.8, 4) is 5.75 Å². The fraction of sp³-hybridized carbons (Fsp3) is 0.438. The van der Waals surface area contributed by atoms with E-state index in [4.69, 9.17) is 9.84 Å². The molecule has 1 unspecified atom stereocenters. The average Bonchev–Trinajstić information content (AvgIpc) is 3.09. The number of carboxylic acids is 1. The topological polar surface area (TPSA) is 91.3 Å². The molecular formula is C16H20N4O3. The third-order valence-corrected chi connectivity index (χ3v) is 4.02. The highest BCUT2D eigenvalue weighted by Crippen LogP contribution is 2.25. The molecule has 1 aromatic heterocycles. The largest absolute Gasteiger partial charge is 0.482 e. The molecule has 1 aromatic carbocycles. The van der Waals surface area contributed by atoms with Gasteiger partial charge in [-0.1, -0.05) is 12.1 Å². The zero-order valence-electron chi connectivity index (χ0n) is 12.8. The van der Waals surface area contributed by atoms with Crippen molar-refractivity contribution >= 4 is 5.97 Å². The summed E-state index contributed by atoms with van der Waals surface area (Å²) in [5, 5.41) is 15.5. The van der Waals surface area contributed by atoms with Crippen molar-refractivity contribution in [3.05, 3.63) is 42.0 Å². The molecule has 0 bridgehead atoms. The number of piperidine rings is 1. The van der Waals surface area contributed by atoms with Crippen molar-refractivity contribution in [2.45, 2.75) is 25.3 Å². The number of carboxylic acid groups (broad SMARTS) is 1. The molecule has 2 N–H and O–H groups in total. The first-order valence-electron chi connectivity index (χ1n) is 7.72. The molecule has 23 heavy (non-hydrogen) atoms. The standard InChI is InChI=1S/C16H20N4O3/c21-15(22)10-23-14-5-3-12(4-6-14)8-20-7-1-2-13(9-20)16-17-11-18-19-16/h3-6,11,13H,1-2,7-10H2,(H,21,22)(H,17,18,19). The second-order valence-electron chi connectivity index (χ2n) is 5.77.